The molecule has 0 radical (unpaired) electrons. The van der Waals surface area contributed by atoms with E-state index in [1.54, 1.807) is 25.4 Å². The van der Waals surface area contributed by atoms with Crippen molar-refractivity contribution in [2.24, 2.45) is 0 Å². The number of anilines is 1. The normalized spacial score (nSPS) is 12.2. The summed E-state index contributed by atoms with van der Waals surface area (Å²) in [5, 5.41) is 6.73. The van der Waals surface area contributed by atoms with Crippen molar-refractivity contribution in [3.05, 3.63) is 47.5 Å². The van der Waals surface area contributed by atoms with Crippen LogP contribution in [0.5, 0.6) is 0 Å². The summed E-state index contributed by atoms with van der Waals surface area (Å²) in [6.07, 6.45) is 3.25. The van der Waals surface area contributed by atoms with E-state index in [-0.39, 0.29) is 16.6 Å². The SMILES string of the molecule is C[C@@H](C(=O)Nc1ccc(Cl)cc1F)n1cccn1. The summed E-state index contributed by atoms with van der Waals surface area (Å²) in [5.41, 5.74) is 0.100. The molecule has 94 valence electrons. The molecule has 0 aliphatic carbocycles. The van der Waals surface area contributed by atoms with Crippen LogP contribution in [-0.2, 0) is 4.79 Å². The molecule has 0 saturated heterocycles. The zero-order valence-corrected chi connectivity index (χ0v) is 10.4. The summed E-state index contributed by atoms with van der Waals surface area (Å²) in [6, 6.07) is 5.28. The number of nitrogens with one attached hydrogen (secondary N) is 1. The minimum absolute atomic E-state index is 0.100. The minimum atomic E-state index is -0.566. The van der Waals surface area contributed by atoms with Crippen LogP contribution < -0.4 is 5.32 Å². The van der Waals surface area contributed by atoms with Crippen molar-refractivity contribution >= 4 is 23.2 Å². The Morgan fingerprint density at radius 3 is 2.94 bits per heavy atom. The van der Waals surface area contributed by atoms with Crippen LogP contribution in [0.1, 0.15) is 13.0 Å². The third kappa shape index (κ3) is 2.68. The molecule has 0 aliphatic rings. The molecule has 1 N–H and O–H groups in total. The molecule has 1 aromatic heterocycles. The van der Waals surface area contributed by atoms with Crippen LogP contribution in [0.4, 0.5) is 10.1 Å². The topological polar surface area (TPSA) is 46.9 Å². The Morgan fingerprint density at radius 2 is 2.33 bits per heavy atom. The Kier molecular flexibility index (Phi) is 3.62. The van der Waals surface area contributed by atoms with Crippen molar-refractivity contribution in [1.82, 2.24) is 9.78 Å². The Balaban J connectivity index is 2.12. The number of carbonyl (C=O) groups is 1. The molecule has 1 aromatic carbocycles. The highest BCUT2D eigenvalue weighted by Crippen LogP contribution is 2.20. The molecule has 0 spiro atoms. The number of halogens is 2. The van der Waals surface area contributed by atoms with Crippen molar-refractivity contribution in [3.63, 3.8) is 0 Å². The summed E-state index contributed by atoms with van der Waals surface area (Å²) in [5.74, 6) is -0.913. The van der Waals surface area contributed by atoms with Gasteiger partial charge in [-0.3, -0.25) is 9.48 Å². The Bertz CT molecular complexity index is 556. The van der Waals surface area contributed by atoms with Crippen LogP contribution in [0, 0.1) is 5.82 Å². The zero-order chi connectivity index (χ0) is 13.1. The predicted molar refractivity (Wildman–Crippen MR) is 67.0 cm³/mol. The van der Waals surface area contributed by atoms with Gasteiger partial charge in [0.1, 0.15) is 11.9 Å². The van der Waals surface area contributed by atoms with E-state index in [0.29, 0.717) is 0 Å². The number of hydrogen-bond donors (Lipinski definition) is 1. The number of rotatable bonds is 3. The van der Waals surface area contributed by atoms with Gasteiger partial charge >= 0.3 is 0 Å². The van der Waals surface area contributed by atoms with E-state index in [0.717, 1.165) is 6.07 Å². The van der Waals surface area contributed by atoms with E-state index in [9.17, 15) is 9.18 Å². The fourth-order valence-corrected chi connectivity index (χ4v) is 1.62. The van der Waals surface area contributed by atoms with Crippen molar-refractivity contribution in [3.8, 4) is 0 Å². The first-order valence-electron chi connectivity index (χ1n) is 5.33. The van der Waals surface area contributed by atoms with E-state index in [1.165, 1.54) is 16.8 Å². The van der Waals surface area contributed by atoms with Gasteiger partial charge in [-0.1, -0.05) is 11.6 Å². The van der Waals surface area contributed by atoms with Gasteiger partial charge in [0.15, 0.2) is 0 Å². The highest BCUT2D eigenvalue weighted by atomic mass is 35.5. The van der Waals surface area contributed by atoms with Crippen LogP contribution in [0.15, 0.2) is 36.7 Å². The lowest BCUT2D eigenvalue weighted by Gasteiger charge is -2.13. The molecule has 2 rings (SSSR count). The van der Waals surface area contributed by atoms with Crippen LogP contribution >= 0.6 is 11.6 Å². The zero-order valence-electron chi connectivity index (χ0n) is 9.60. The van der Waals surface area contributed by atoms with E-state index < -0.39 is 11.9 Å². The second kappa shape index (κ2) is 5.18. The molecule has 1 amide bonds. The van der Waals surface area contributed by atoms with Crippen molar-refractivity contribution in [2.75, 3.05) is 5.32 Å². The van der Waals surface area contributed by atoms with Gasteiger partial charge in [0.05, 0.1) is 5.69 Å². The van der Waals surface area contributed by atoms with E-state index >= 15 is 0 Å². The van der Waals surface area contributed by atoms with Crippen LogP contribution in [-0.4, -0.2) is 15.7 Å². The van der Waals surface area contributed by atoms with Crippen molar-refractivity contribution < 1.29 is 9.18 Å². The molecular weight excluding hydrogens is 257 g/mol. The van der Waals surface area contributed by atoms with E-state index in [1.807, 2.05) is 0 Å². The molecule has 4 nitrogen and oxygen atoms in total. The molecule has 1 atom stereocenters. The fraction of sp³-hybridized carbons (Fsp3) is 0.167. The summed E-state index contributed by atoms with van der Waals surface area (Å²) >= 11 is 5.63. The first-order valence-corrected chi connectivity index (χ1v) is 5.71. The van der Waals surface area contributed by atoms with Gasteiger partial charge in [-0.05, 0) is 31.2 Å². The number of aromatic nitrogens is 2. The number of carbonyl (C=O) groups excluding carboxylic acids is 1. The minimum Gasteiger partial charge on any atom is -0.322 e. The number of hydrogen-bond acceptors (Lipinski definition) is 2. The predicted octanol–water partition coefficient (Wildman–Crippen LogP) is 2.88. The quantitative estimate of drug-likeness (QED) is 0.929. The number of nitrogens with zero attached hydrogens (tertiary/aromatic N) is 2. The first kappa shape index (κ1) is 12.6. The summed E-state index contributed by atoms with van der Waals surface area (Å²) in [6.45, 7) is 1.68. The van der Waals surface area contributed by atoms with Gasteiger partial charge in [-0.2, -0.15) is 5.10 Å². The fourth-order valence-electron chi connectivity index (χ4n) is 1.46. The van der Waals surface area contributed by atoms with Gasteiger partial charge in [-0.25, -0.2) is 4.39 Å². The third-order valence-electron chi connectivity index (χ3n) is 2.49. The lowest BCUT2D eigenvalue weighted by Crippen LogP contribution is -2.24. The summed E-state index contributed by atoms with van der Waals surface area (Å²) in [7, 11) is 0. The van der Waals surface area contributed by atoms with E-state index in [2.05, 4.69) is 10.4 Å². The van der Waals surface area contributed by atoms with Gasteiger partial charge in [0, 0.05) is 17.4 Å². The molecule has 18 heavy (non-hydrogen) atoms. The molecule has 6 heteroatoms. The standard InChI is InChI=1S/C12H11ClFN3O/c1-8(17-6-2-5-15-17)12(18)16-11-4-3-9(13)7-10(11)14/h2-8H,1H3,(H,16,18)/t8-/m0/s1. The molecule has 0 fully saturated rings. The maximum absolute atomic E-state index is 13.5. The smallest absolute Gasteiger partial charge is 0.249 e. The Morgan fingerprint density at radius 1 is 1.56 bits per heavy atom. The van der Waals surface area contributed by atoms with Crippen LogP contribution in [0.3, 0.4) is 0 Å². The van der Waals surface area contributed by atoms with Gasteiger partial charge in [-0.15, -0.1) is 0 Å². The maximum atomic E-state index is 13.5. The maximum Gasteiger partial charge on any atom is 0.249 e. The second-order valence-electron chi connectivity index (χ2n) is 3.78. The third-order valence-corrected chi connectivity index (χ3v) is 2.73. The molecule has 0 unspecified atom stereocenters. The van der Waals surface area contributed by atoms with Gasteiger partial charge in [0.25, 0.3) is 0 Å². The Labute approximate surface area is 108 Å². The molecule has 0 aliphatic heterocycles. The lowest BCUT2D eigenvalue weighted by molar-refractivity contribution is -0.119. The van der Waals surface area contributed by atoms with Crippen LogP contribution in [0.2, 0.25) is 5.02 Å². The monoisotopic (exact) mass is 267 g/mol. The highest BCUT2D eigenvalue weighted by Gasteiger charge is 2.16. The van der Waals surface area contributed by atoms with E-state index in [4.69, 9.17) is 11.6 Å². The number of benzene rings is 1. The average molecular weight is 268 g/mol. The molecular formula is C12H11ClFN3O. The molecule has 0 bridgehead atoms. The average Bonchev–Trinajstić information content (AvgIpc) is 2.85. The second-order valence-corrected chi connectivity index (χ2v) is 4.21. The number of amides is 1. The van der Waals surface area contributed by atoms with Gasteiger partial charge in [0.2, 0.25) is 5.91 Å². The highest BCUT2D eigenvalue weighted by molar-refractivity contribution is 6.30. The summed E-state index contributed by atoms with van der Waals surface area (Å²) < 4.78 is 15.0. The lowest BCUT2D eigenvalue weighted by atomic mass is 10.2. The first-order chi connectivity index (χ1) is 8.58. The van der Waals surface area contributed by atoms with Gasteiger partial charge < -0.3 is 5.32 Å². The van der Waals surface area contributed by atoms with Crippen LogP contribution in [0.25, 0.3) is 0 Å². The molecule has 1 heterocycles. The van der Waals surface area contributed by atoms with Crippen molar-refractivity contribution in [1.29, 1.82) is 0 Å². The molecule has 0 saturated carbocycles. The Hall–Kier alpha value is -1.88. The molecule has 2 aromatic rings. The summed E-state index contributed by atoms with van der Waals surface area (Å²) in [4.78, 5) is 11.9. The van der Waals surface area contributed by atoms with Crippen molar-refractivity contribution in [2.45, 2.75) is 13.0 Å². The largest absolute Gasteiger partial charge is 0.322 e.